The van der Waals surface area contributed by atoms with Crippen molar-refractivity contribution in [3.63, 3.8) is 0 Å². The summed E-state index contributed by atoms with van der Waals surface area (Å²) in [6.45, 7) is 1.46. The third-order valence-electron chi connectivity index (χ3n) is 5.42. The molecule has 1 fully saturated rings. The lowest BCUT2D eigenvalue weighted by Crippen LogP contribution is -2.27. The van der Waals surface area contributed by atoms with Crippen LogP contribution < -0.4 is 10.2 Å². The van der Waals surface area contributed by atoms with Gasteiger partial charge in [-0.25, -0.2) is 13.3 Å². The molecule has 9 heteroatoms. The van der Waals surface area contributed by atoms with Crippen molar-refractivity contribution in [3.05, 3.63) is 65.5 Å². The average molecular weight is 430 g/mol. The minimum absolute atomic E-state index is 0.0677. The molecule has 1 aromatic carbocycles. The number of anilines is 1. The maximum atomic E-state index is 14.4. The Hall–Kier alpha value is -3.04. The molecule has 1 saturated heterocycles. The van der Waals surface area contributed by atoms with Crippen molar-refractivity contribution in [2.24, 2.45) is 0 Å². The molecule has 2 N–H and O–H groups in total. The zero-order chi connectivity index (χ0) is 21.8. The first kappa shape index (κ1) is 21.2. The Morgan fingerprint density at radius 1 is 1.26 bits per heavy atom. The zero-order valence-corrected chi connectivity index (χ0v) is 16.9. The van der Waals surface area contributed by atoms with Crippen molar-refractivity contribution in [1.29, 1.82) is 0 Å². The van der Waals surface area contributed by atoms with Gasteiger partial charge >= 0.3 is 0 Å². The van der Waals surface area contributed by atoms with Crippen LogP contribution in [0.4, 0.5) is 14.5 Å². The van der Waals surface area contributed by atoms with Crippen LogP contribution in [-0.4, -0.2) is 53.5 Å². The largest absolute Gasteiger partial charge is 0.394 e. The molecule has 7 nitrogen and oxygen atoms in total. The van der Waals surface area contributed by atoms with Crippen LogP contribution in [0.25, 0.3) is 5.52 Å². The van der Waals surface area contributed by atoms with Crippen molar-refractivity contribution < 1.29 is 23.4 Å². The molecule has 164 valence electrons. The second kappa shape index (κ2) is 9.40. The van der Waals surface area contributed by atoms with Crippen molar-refractivity contribution >= 4 is 17.1 Å². The van der Waals surface area contributed by atoms with Crippen LogP contribution in [0.3, 0.4) is 0 Å². The molecule has 2 aromatic heterocycles. The minimum Gasteiger partial charge on any atom is -0.394 e. The number of hydrogen-bond acceptors (Lipinski definition) is 5. The summed E-state index contributed by atoms with van der Waals surface area (Å²) >= 11 is 0. The molecule has 0 saturated carbocycles. The Labute approximate surface area is 178 Å². The Bertz CT molecular complexity index is 1070. The normalized spacial score (nSPS) is 16.2. The summed E-state index contributed by atoms with van der Waals surface area (Å²) in [4.78, 5) is 14.6. The number of aliphatic hydroxyl groups is 1. The van der Waals surface area contributed by atoms with Crippen LogP contribution in [0, 0.1) is 11.6 Å². The second-order valence-electron chi connectivity index (χ2n) is 7.38. The third-order valence-corrected chi connectivity index (χ3v) is 5.42. The lowest BCUT2D eigenvalue weighted by molar-refractivity contribution is 0.0839. The Balaban J connectivity index is 1.56. The van der Waals surface area contributed by atoms with Crippen LogP contribution in [0.5, 0.6) is 0 Å². The number of fused-ring (bicyclic) bond motifs is 1. The third kappa shape index (κ3) is 4.52. The molecule has 0 radical (unpaired) electrons. The van der Waals surface area contributed by atoms with E-state index in [1.54, 1.807) is 10.7 Å². The molecular weight excluding hydrogens is 406 g/mol. The maximum absolute atomic E-state index is 14.4. The van der Waals surface area contributed by atoms with Crippen molar-refractivity contribution in [3.8, 4) is 0 Å². The van der Waals surface area contributed by atoms with E-state index in [2.05, 4.69) is 10.4 Å². The van der Waals surface area contributed by atoms with Gasteiger partial charge in [-0.15, -0.1) is 0 Å². The van der Waals surface area contributed by atoms with Gasteiger partial charge in [0, 0.05) is 30.5 Å². The first-order valence-electron chi connectivity index (χ1n) is 10.2. The molecule has 1 aliphatic heterocycles. The van der Waals surface area contributed by atoms with Gasteiger partial charge in [-0.3, -0.25) is 4.79 Å². The van der Waals surface area contributed by atoms with E-state index in [0.29, 0.717) is 42.8 Å². The number of nitrogens with one attached hydrogen (secondary N) is 1. The van der Waals surface area contributed by atoms with Gasteiger partial charge in [0.2, 0.25) is 0 Å². The number of benzene rings is 1. The van der Waals surface area contributed by atoms with Crippen LogP contribution in [-0.2, 0) is 4.74 Å². The lowest BCUT2D eigenvalue weighted by Gasteiger charge is -2.27. The average Bonchev–Trinajstić information content (AvgIpc) is 3.42. The number of amides is 1. The van der Waals surface area contributed by atoms with Gasteiger partial charge in [0.1, 0.15) is 11.6 Å². The summed E-state index contributed by atoms with van der Waals surface area (Å²) in [7, 11) is 0. The van der Waals surface area contributed by atoms with E-state index in [1.807, 2.05) is 17.0 Å². The predicted molar refractivity (Wildman–Crippen MR) is 111 cm³/mol. The van der Waals surface area contributed by atoms with Gasteiger partial charge in [-0.2, -0.15) is 5.10 Å². The van der Waals surface area contributed by atoms with Gasteiger partial charge < -0.3 is 20.1 Å². The molecule has 1 amide bonds. The van der Waals surface area contributed by atoms with Gasteiger partial charge in [0.25, 0.3) is 5.91 Å². The highest BCUT2D eigenvalue weighted by Crippen LogP contribution is 2.38. The molecule has 4 rings (SSSR count). The Morgan fingerprint density at radius 2 is 2.13 bits per heavy atom. The number of carbonyl (C=O) groups is 1. The van der Waals surface area contributed by atoms with Crippen molar-refractivity contribution in [2.45, 2.75) is 18.9 Å². The summed E-state index contributed by atoms with van der Waals surface area (Å²) in [6, 6.07) is 6.97. The van der Waals surface area contributed by atoms with E-state index in [9.17, 15) is 13.6 Å². The highest BCUT2D eigenvalue weighted by Gasteiger charge is 2.29. The number of carbonyl (C=O) groups excluding carboxylic acids is 1. The molecule has 1 unspecified atom stereocenters. The first-order valence-corrected chi connectivity index (χ1v) is 10.2. The predicted octanol–water partition coefficient (Wildman–Crippen LogP) is 2.69. The Kier molecular flexibility index (Phi) is 6.43. The summed E-state index contributed by atoms with van der Waals surface area (Å²) in [5, 5.41) is 15.7. The van der Waals surface area contributed by atoms with Crippen LogP contribution >= 0.6 is 0 Å². The highest BCUT2D eigenvalue weighted by atomic mass is 19.1. The van der Waals surface area contributed by atoms with E-state index in [4.69, 9.17) is 9.84 Å². The van der Waals surface area contributed by atoms with Gasteiger partial charge in [0.15, 0.2) is 0 Å². The smallest absolute Gasteiger partial charge is 0.255 e. The molecule has 0 spiro atoms. The molecule has 3 heterocycles. The van der Waals surface area contributed by atoms with E-state index in [1.165, 1.54) is 12.3 Å². The number of aliphatic hydroxyl groups excluding tert-OH is 1. The number of hydrogen-bond donors (Lipinski definition) is 2. The van der Waals surface area contributed by atoms with Crippen molar-refractivity contribution in [1.82, 2.24) is 14.9 Å². The number of halogens is 2. The number of pyridine rings is 1. The molecule has 1 aliphatic rings. The number of ether oxygens (including phenoxy) is 1. The first-order chi connectivity index (χ1) is 15.1. The SMILES string of the molecule is O=C(NCCOCCO)c1cnn2ccc(N3CCCC3c3cc(F)ccc3F)cc12. The molecule has 0 bridgehead atoms. The fourth-order valence-corrected chi connectivity index (χ4v) is 3.99. The van der Waals surface area contributed by atoms with E-state index >= 15 is 0 Å². The topological polar surface area (TPSA) is 79.1 Å². The summed E-state index contributed by atoms with van der Waals surface area (Å²) in [6.07, 6.45) is 4.82. The zero-order valence-electron chi connectivity index (χ0n) is 16.9. The number of rotatable bonds is 8. The monoisotopic (exact) mass is 430 g/mol. The quantitative estimate of drug-likeness (QED) is 0.538. The summed E-state index contributed by atoms with van der Waals surface area (Å²) < 4.78 is 34.9. The van der Waals surface area contributed by atoms with E-state index < -0.39 is 11.6 Å². The second-order valence-corrected chi connectivity index (χ2v) is 7.38. The number of nitrogens with zero attached hydrogens (tertiary/aromatic N) is 3. The molecule has 31 heavy (non-hydrogen) atoms. The van der Waals surface area contributed by atoms with Crippen LogP contribution in [0.1, 0.15) is 34.8 Å². The van der Waals surface area contributed by atoms with Crippen LogP contribution in [0.2, 0.25) is 0 Å². The summed E-state index contributed by atoms with van der Waals surface area (Å²) in [5.74, 6) is -1.17. The van der Waals surface area contributed by atoms with Crippen molar-refractivity contribution in [2.75, 3.05) is 37.8 Å². The fourth-order valence-electron chi connectivity index (χ4n) is 3.99. The molecular formula is C22H24F2N4O3. The van der Waals surface area contributed by atoms with Gasteiger partial charge in [-0.1, -0.05) is 0 Å². The highest BCUT2D eigenvalue weighted by molar-refractivity contribution is 6.01. The van der Waals surface area contributed by atoms with Gasteiger partial charge in [0.05, 0.1) is 43.1 Å². The standard InChI is InChI=1S/C22H24F2N4O3/c23-15-3-4-19(24)17(12-15)20-2-1-7-27(20)16-5-8-28-21(13-16)18(14-26-28)22(30)25-6-10-31-11-9-29/h3-5,8,12-14,20,29H,1-2,6-7,9-11H2,(H,25,30). The number of aromatic nitrogens is 2. The summed E-state index contributed by atoms with van der Waals surface area (Å²) in [5.41, 5.74) is 2.19. The van der Waals surface area contributed by atoms with E-state index in [0.717, 1.165) is 24.2 Å². The fraction of sp³-hybridized carbons (Fsp3) is 0.364. The van der Waals surface area contributed by atoms with Gasteiger partial charge in [-0.05, 0) is 43.2 Å². The maximum Gasteiger partial charge on any atom is 0.255 e. The Morgan fingerprint density at radius 3 is 2.97 bits per heavy atom. The van der Waals surface area contributed by atoms with E-state index in [-0.39, 0.29) is 25.2 Å². The lowest BCUT2D eigenvalue weighted by atomic mass is 10.0. The minimum atomic E-state index is -0.462. The molecule has 1 atom stereocenters. The molecule has 3 aromatic rings. The molecule has 0 aliphatic carbocycles. The van der Waals surface area contributed by atoms with Crippen LogP contribution in [0.15, 0.2) is 42.7 Å².